The van der Waals surface area contributed by atoms with Crippen LogP contribution in [0.2, 0.25) is 0 Å². The largest absolute Gasteiger partial charge is 0.377 e. The maximum Gasteiger partial charge on any atom is 0.261 e. The SMILES string of the molecule is CC(C)OCCN1C(=O)c2ccc(I)cc2C1=O. The zero-order chi connectivity index (χ0) is 13.3. The molecule has 1 heterocycles. The third kappa shape index (κ3) is 2.56. The van der Waals surface area contributed by atoms with Crippen molar-refractivity contribution in [2.45, 2.75) is 20.0 Å². The molecule has 0 aromatic heterocycles. The Morgan fingerprint density at radius 3 is 2.56 bits per heavy atom. The normalized spacial score (nSPS) is 14.6. The van der Waals surface area contributed by atoms with E-state index in [2.05, 4.69) is 22.6 Å². The van der Waals surface area contributed by atoms with E-state index in [9.17, 15) is 9.59 Å². The molecule has 4 nitrogen and oxygen atoms in total. The van der Waals surface area contributed by atoms with E-state index in [4.69, 9.17) is 4.74 Å². The molecular weight excluding hydrogens is 345 g/mol. The summed E-state index contributed by atoms with van der Waals surface area (Å²) in [5.41, 5.74) is 0.987. The van der Waals surface area contributed by atoms with Gasteiger partial charge in [-0.05, 0) is 54.6 Å². The van der Waals surface area contributed by atoms with E-state index < -0.39 is 0 Å². The van der Waals surface area contributed by atoms with Crippen LogP contribution in [0, 0.1) is 3.57 Å². The van der Waals surface area contributed by atoms with Crippen LogP contribution in [0.1, 0.15) is 34.6 Å². The van der Waals surface area contributed by atoms with Gasteiger partial charge in [0, 0.05) is 3.57 Å². The van der Waals surface area contributed by atoms with Crippen LogP contribution < -0.4 is 0 Å². The average Bonchev–Trinajstić information content (AvgIpc) is 2.53. The molecule has 0 bridgehead atoms. The predicted molar refractivity (Wildman–Crippen MR) is 75.6 cm³/mol. The molecule has 0 saturated carbocycles. The molecule has 96 valence electrons. The molecule has 0 atom stereocenters. The molecule has 2 amide bonds. The number of ether oxygens (including phenoxy) is 1. The van der Waals surface area contributed by atoms with Gasteiger partial charge in [0.1, 0.15) is 0 Å². The predicted octanol–water partition coefficient (Wildman–Crippen LogP) is 2.31. The van der Waals surface area contributed by atoms with Gasteiger partial charge in [0.05, 0.1) is 30.4 Å². The molecule has 0 aliphatic carbocycles. The molecule has 0 radical (unpaired) electrons. The van der Waals surface area contributed by atoms with E-state index in [1.165, 1.54) is 4.90 Å². The number of rotatable bonds is 4. The van der Waals surface area contributed by atoms with Gasteiger partial charge < -0.3 is 4.74 Å². The van der Waals surface area contributed by atoms with E-state index in [0.717, 1.165) is 3.57 Å². The molecule has 2 rings (SSSR count). The fourth-order valence-electron chi connectivity index (χ4n) is 1.85. The number of carbonyl (C=O) groups excluding carboxylic acids is 2. The zero-order valence-electron chi connectivity index (χ0n) is 10.3. The molecule has 18 heavy (non-hydrogen) atoms. The zero-order valence-corrected chi connectivity index (χ0v) is 12.4. The van der Waals surface area contributed by atoms with E-state index in [-0.39, 0.29) is 17.9 Å². The number of nitrogens with zero attached hydrogens (tertiary/aromatic N) is 1. The van der Waals surface area contributed by atoms with Gasteiger partial charge in [-0.2, -0.15) is 0 Å². The molecule has 5 heteroatoms. The van der Waals surface area contributed by atoms with Crippen molar-refractivity contribution in [3.8, 4) is 0 Å². The third-order valence-electron chi connectivity index (χ3n) is 2.70. The second-order valence-electron chi connectivity index (χ2n) is 4.37. The molecule has 0 spiro atoms. The lowest BCUT2D eigenvalue weighted by Gasteiger charge is -2.14. The van der Waals surface area contributed by atoms with Gasteiger partial charge in [0.2, 0.25) is 0 Å². The summed E-state index contributed by atoms with van der Waals surface area (Å²) in [4.78, 5) is 25.4. The first-order valence-electron chi connectivity index (χ1n) is 5.78. The first-order chi connectivity index (χ1) is 8.50. The fraction of sp³-hybridized carbons (Fsp3) is 0.385. The van der Waals surface area contributed by atoms with Crippen molar-refractivity contribution < 1.29 is 14.3 Å². The highest BCUT2D eigenvalue weighted by Crippen LogP contribution is 2.24. The highest BCUT2D eigenvalue weighted by Gasteiger charge is 2.35. The summed E-state index contributed by atoms with van der Waals surface area (Å²) in [5.74, 6) is -0.445. The van der Waals surface area contributed by atoms with Gasteiger partial charge in [0.15, 0.2) is 0 Å². The number of carbonyl (C=O) groups is 2. The molecule has 1 aliphatic heterocycles. The van der Waals surface area contributed by atoms with Gasteiger partial charge in [-0.1, -0.05) is 0 Å². The summed E-state index contributed by atoms with van der Waals surface area (Å²) in [6.07, 6.45) is 0.0983. The second kappa shape index (κ2) is 5.36. The summed E-state index contributed by atoms with van der Waals surface area (Å²) in [6.45, 7) is 4.52. The van der Waals surface area contributed by atoms with Crippen LogP contribution >= 0.6 is 22.6 Å². The summed E-state index contributed by atoms with van der Waals surface area (Å²) in [5, 5.41) is 0. The third-order valence-corrected chi connectivity index (χ3v) is 3.37. The Bertz CT molecular complexity index is 499. The van der Waals surface area contributed by atoms with Crippen molar-refractivity contribution >= 4 is 34.4 Å². The Morgan fingerprint density at radius 2 is 1.89 bits per heavy atom. The molecule has 1 aliphatic rings. The Kier molecular flexibility index (Phi) is 4.01. The summed E-state index contributed by atoms with van der Waals surface area (Å²) < 4.78 is 6.33. The van der Waals surface area contributed by atoms with Crippen LogP contribution in [0.3, 0.4) is 0 Å². The Labute approximate surface area is 119 Å². The van der Waals surface area contributed by atoms with Crippen molar-refractivity contribution in [1.29, 1.82) is 0 Å². The van der Waals surface area contributed by atoms with Crippen molar-refractivity contribution in [2.24, 2.45) is 0 Å². The Hall–Kier alpha value is -0.950. The summed E-state index contributed by atoms with van der Waals surface area (Å²) in [6, 6.07) is 5.29. The molecule has 1 aromatic carbocycles. The number of benzene rings is 1. The van der Waals surface area contributed by atoms with Crippen molar-refractivity contribution in [3.05, 3.63) is 32.9 Å². The standard InChI is InChI=1S/C13H14INO3/c1-8(2)18-6-5-15-12(16)10-4-3-9(14)7-11(10)13(15)17/h3-4,7-8H,5-6H2,1-2H3. The average molecular weight is 359 g/mol. The molecule has 0 saturated heterocycles. The minimum atomic E-state index is -0.223. The maximum atomic E-state index is 12.1. The topological polar surface area (TPSA) is 46.6 Å². The lowest BCUT2D eigenvalue weighted by Crippen LogP contribution is -2.33. The second-order valence-corrected chi connectivity index (χ2v) is 5.62. The lowest BCUT2D eigenvalue weighted by molar-refractivity contribution is 0.0448. The van der Waals surface area contributed by atoms with Crippen LogP contribution in [0.15, 0.2) is 18.2 Å². The van der Waals surface area contributed by atoms with E-state index in [1.807, 2.05) is 19.9 Å². The molecule has 0 fully saturated rings. The van der Waals surface area contributed by atoms with Crippen LogP contribution in [-0.2, 0) is 4.74 Å². The molecule has 1 aromatic rings. The number of amides is 2. The molecule has 0 N–H and O–H groups in total. The van der Waals surface area contributed by atoms with E-state index in [0.29, 0.717) is 24.3 Å². The number of fused-ring (bicyclic) bond motifs is 1. The first kappa shape index (κ1) is 13.5. The number of imide groups is 1. The minimum absolute atomic E-state index is 0.0983. The number of halogens is 1. The highest BCUT2D eigenvalue weighted by atomic mass is 127. The van der Waals surface area contributed by atoms with Gasteiger partial charge >= 0.3 is 0 Å². The fourth-order valence-corrected chi connectivity index (χ4v) is 2.34. The number of hydrogen-bond donors (Lipinski definition) is 0. The van der Waals surface area contributed by atoms with Crippen LogP contribution in [0.5, 0.6) is 0 Å². The minimum Gasteiger partial charge on any atom is -0.377 e. The van der Waals surface area contributed by atoms with Gasteiger partial charge in [0.25, 0.3) is 11.8 Å². The summed E-state index contributed by atoms with van der Waals surface area (Å²) in [7, 11) is 0. The molecular formula is C13H14INO3. The maximum absolute atomic E-state index is 12.1. The van der Waals surface area contributed by atoms with Crippen molar-refractivity contribution in [1.82, 2.24) is 4.90 Å². The molecule has 0 unspecified atom stereocenters. The monoisotopic (exact) mass is 359 g/mol. The van der Waals surface area contributed by atoms with Crippen LogP contribution in [0.25, 0.3) is 0 Å². The van der Waals surface area contributed by atoms with E-state index >= 15 is 0 Å². The van der Waals surface area contributed by atoms with Crippen LogP contribution in [-0.4, -0.2) is 36.0 Å². The quantitative estimate of drug-likeness (QED) is 0.612. The lowest BCUT2D eigenvalue weighted by atomic mass is 10.1. The van der Waals surface area contributed by atoms with Gasteiger partial charge in [-0.15, -0.1) is 0 Å². The van der Waals surface area contributed by atoms with E-state index in [1.54, 1.807) is 12.1 Å². The van der Waals surface area contributed by atoms with Gasteiger partial charge in [-0.25, -0.2) is 0 Å². The first-order valence-corrected chi connectivity index (χ1v) is 6.86. The smallest absolute Gasteiger partial charge is 0.261 e. The Morgan fingerprint density at radius 1 is 1.22 bits per heavy atom. The number of hydrogen-bond acceptors (Lipinski definition) is 3. The van der Waals surface area contributed by atoms with Crippen LogP contribution in [0.4, 0.5) is 0 Å². The van der Waals surface area contributed by atoms with Gasteiger partial charge in [-0.3, -0.25) is 14.5 Å². The Balaban J connectivity index is 2.13. The highest BCUT2D eigenvalue weighted by molar-refractivity contribution is 14.1. The van der Waals surface area contributed by atoms with Crippen molar-refractivity contribution in [2.75, 3.05) is 13.2 Å². The van der Waals surface area contributed by atoms with Crippen molar-refractivity contribution in [3.63, 3.8) is 0 Å². The summed E-state index contributed by atoms with van der Waals surface area (Å²) >= 11 is 2.13.